The van der Waals surface area contributed by atoms with E-state index >= 15 is 0 Å². The normalized spacial score (nSPS) is 16.7. The molecule has 0 aromatic heterocycles. The first kappa shape index (κ1) is 8.87. The molecule has 0 saturated carbocycles. The summed E-state index contributed by atoms with van der Waals surface area (Å²) in [6.45, 7) is 7.88. The van der Waals surface area contributed by atoms with Crippen molar-refractivity contribution in [1.29, 1.82) is 0 Å². The molecule has 1 aliphatic heterocycles. The van der Waals surface area contributed by atoms with Gasteiger partial charge in [-0.05, 0) is 19.4 Å². The maximum absolute atomic E-state index is 8.34. The second-order valence-corrected chi connectivity index (χ2v) is 2.65. The first-order valence-electron chi connectivity index (χ1n) is 4.25. The highest BCUT2D eigenvalue weighted by atomic mass is 15.4. The summed E-state index contributed by atoms with van der Waals surface area (Å²) in [5.74, 6) is 0.780. The van der Waals surface area contributed by atoms with Crippen LogP contribution in [0.5, 0.6) is 0 Å². The average Bonchev–Trinajstić information content (AvgIpc) is 2.48. The van der Waals surface area contributed by atoms with Crippen molar-refractivity contribution in [2.75, 3.05) is 26.2 Å². The van der Waals surface area contributed by atoms with E-state index in [0.29, 0.717) is 0 Å². The number of guanidine groups is 1. The van der Waals surface area contributed by atoms with Crippen LogP contribution in [0.1, 0.15) is 13.8 Å². The van der Waals surface area contributed by atoms with E-state index in [1.54, 1.807) is 0 Å². The Hall–Kier alpha value is -1.22. The molecule has 0 atom stereocenters. The van der Waals surface area contributed by atoms with Crippen LogP contribution in [-0.2, 0) is 0 Å². The Labute approximate surface area is 71.9 Å². The number of rotatable bonds is 2. The highest BCUT2D eigenvalue weighted by Gasteiger charge is 2.23. The molecule has 0 spiro atoms. The van der Waals surface area contributed by atoms with E-state index in [-0.39, 0.29) is 0 Å². The van der Waals surface area contributed by atoms with E-state index in [1.165, 1.54) is 0 Å². The average molecular weight is 168 g/mol. The van der Waals surface area contributed by atoms with Gasteiger partial charge in [-0.2, -0.15) is 0 Å². The van der Waals surface area contributed by atoms with Gasteiger partial charge in [-0.25, -0.2) is 0 Å². The van der Waals surface area contributed by atoms with E-state index in [4.69, 9.17) is 5.53 Å². The molecule has 0 amide bonds. The van der Waals surface area contributed by atoms with Crippen LogP contribution in [-0.4, -0.2) is 41.6 Å². The molecule has 0 aromatic carbocycles. The van der Waals surface area contributed by atoms with Gasteiger partial charge in [-0.15, -0.1) is 0 Å². The summed E-state index contributed by atoms with van der Waals surface area (Å²) in [6.07, 6.45) is 0. The van der Waals surface area contributed by atoms with Gasteiger partial charge in [0.05, 0.1) is 26.2 Å². The number of hydrogen-bond donors (Lipinski definition) is 0. The summed E-state index contributed by atoms with van der Waals surface area (Å²) in [5, 5.41) is 3.68. The molecule has 0 aromatic rings. The molecule has 66 valence electrons. The van der Waals surface area contributed by atoms with Crippen molar-refractivity contribution in [1.82, 2.24) is 4.90 Å². The molecule has 0 saturated heterocycles. The molecule has 0 fully saturated rings. The number of azide groups is 1. The number of hydrogen-bond acceptors (Lipinski definition) is 2. The Morgan fingerprint density at radius 1 is 1.67 bits per heavy atom. The van der Waals surface area contributed by atoms with Crippen LogP contribution >= 0.6 is 0 Å². The van der Waals surface area contributed by atoms with Crippen LogP contribution in [0, 0.1) is 0 Å². The monoisotopic (exact) mass is 168 g/mol. The fourth-order valence-corrected chi connectivity index (χ4v) is 1.41. The molecule has 1 rings (SSSR count). The molecule has 0 unspecified atom stereocenters. The molecule has 12 heavy (non-hydrogen) atoms. The van der Waals surface area contributed by atoms with Crippen LogP contribution in [0.25, 0.3) is 10.4 Å². The molecule has 0 aliphatic carbocycles. The fraction of sp³-hybridized carbons (Fsp3) is 0.857. The molecule has 0 bridgehead atoms. The van der Waals surface area contributed by atoms with Gasteiger partial charge >= 0.3 is 0 Å². The Morgan fingerprint density at radius 3 is 2.92 bits per heavy atom. The SMILES string of the molecule is CCN1CC[N+](CC)=C1N=[N+]=[N-]. The first-order chi connectivity index (χ1) is 5.83. The van der Waals surface area contributed by atoms with Gasteiger partial charge < -0.3 is 0 Å². The first-order valence-corrected chi connectivity index (χ1v) is 4.25. The van der Waals surface area contributed by atoms with E-state index in [9.17, 15) is 0 Å². The topological polar surface area (TPSA) is 55.0 Å². The van der Waals surface area contributed by atoms with E-state index in [2.05, 4.69) is 33.3 Å². The minimum Gasteiger partial charge on any atom is -0.288 e. The van der Waals surface area contributed by atoms with Crippen molar-refractivity contribution >= 4 is 5.96 Å². The summed E-state index contributed by atoms with van der Waals surface area (Å²) in [7, 11) is 0. The van der Waals surface area contributed by atoms with Crippen molar-refractivity contribution in [2.45, 2.75) is 13.8 Å². The molecular formula is C7H14N5+. The van der Waals surface area contributed by atoms with Gasteiger partial charge in [0.1, 0.15) is 0 Å². The maximum atomic E-state index is 8.34. The van der Waals surface area contributed by atoms with Crippen molar-refractivity contribution in [3.05, 3.63) is 10.4 Å². The van der Waals surface area contributed by atoms with Crippen LogP contribution in [0.15, 0.2) is 5.11 Å². The zero-order valence-corrected chi connectivity index (χ0v) is 7.56. The predicted octanol–water partition coefficient (Wildman–Crippen LogP) is 1.02. The molecule has 5 nitrogen and oxygen atoms in total. The predicted molar refractivity (Wildman–Crippen MR) is 47.1 cm³/mol. The molecule has 0 radical (unpaired) electrons. The van der Waals surface area contributed by atoms with Gasteiger partial charge in [-0.1, -0.05) is 0 Å². The lowest BCUT2D eigenvalue weighted by molar-refractivity contribution is -0.515. The molecule has 0 N–H and O–H groups in total. The lowest BCUT2D eigenvalue weighted by Crippen LogP contribution is -2.27. The minimum absolute atomic E-state index is 0.780. The highest BCUT2D eigenvalue weighted by molar-refractivity contribution is 5.76. The molecular weight excluding hydrogens is 154 g/mol. The van der Waals surface area contributed by atoms with E-state index in [1.807, 2.05) is 0 Å². The fourth-order valence-electron chi connectivity index (χ4n) is 1.41. The number of nitrogens with zero attached hydrogens (tertiary/aromatic N) is 5. The van der Waals surface area contributed by atoms with Gasteiger partial charge in [-0.3, -0.25) is 9.48 Å². The van der Waals surface area contributed by atoms with E-state index in [0.717, 1.165) is 32.1 Å². The third-order valence-corrected chi connectivity index (χ3v) is 2.10. The van der Waals surface area contributed by atoms with Gasteiger partial charge in [0.15, 0.2) is 0 Å². The van der Waals surface area contributed by atoms with Gasteiger partial charge in [0, 0.05) is 10.0 Å². The standard InChI is InChI=1S/C7H14N5/c1-3-11-5-6-12(4-2)7(11)9-10-8/h3-6H2,1-2H3/q+1. The maximum Gasteiger partial charge on any atom is 0.282 e. The Morgan fingerprint density at radius 2 is 2.42 bits per heavy atom. The Bertz CT molecular complexity index is 238. The van der Waals surface area contributed by atoms with Crippen molar-refractivity contribution in [2.24, 2.45) is 5.11 Å². The third-order valence-electron chi connectivity index (χ3n) is 2.10. The van der Waals surface area contributed by atoms with Crippen LogP contribution in [0.2, 0.25) is 0 Å². The quantitative estimate of drug-likeness (QED) is 0.263. The van der Waals surface area contributed by atoms with Crippen molar-refractivity contribution in [3.63, 3.8) is 0 Å². The molecule has 1 aliphatic rings. The van der Waals surface area contributed by atoms with Crippen molar-refractivity contribution in [3.8, 4) is 0 Å². The Balaban J connectivity index is 2.88. The molecule has 5 heteroatoms. The Kier molecular flexibility index (Phi) is 2.94. The zero-order chi connectivity index (χ0) is 8.97. The van der Waals surface area contributed by atoms with Crippen LogP contribution < -0.4 is 0 Å². The summed E-state index contributed by atoms with van der Waals surface area (Å²) >= 11 is 0. The van der Waals surface area contributed by atoms with Crippen molar-refractivity contribution < 1.29 is 4.58 Å². The van der Waals surface area contributed by atoms with Gasteiger partial charge in [0.25, 0.3) is 5.96 Å². The molecule has 1 heterocycles. The summed E-state index contributed by atoms with van der Waals surface area (Å²) < 4.78 is 2.09. The van der Waals surface area contributed by atoms with Crippen LogP contribution in [0.4, 0.5) is 0 Å². The second-order valence-electron chi connectivity index (χ2n) is 2.65. The lowest BCUT2D eigenvalue weighted by Gasteiger charge is -2.08. The lowest BCUT2D eigenvalue weighted by atomic mass is 10.5. The van der Waals surface area contributed by atoms with Crippen LogP contribution in [0.3, 0.4) is 0 Å². The second kappa shape index (κ2) is 3.97. The largest absolute Gasteiger partial charge is 0.288 e. The summed E-state index contributed by atoms with van der Waals surface area (Å²) in [5.41, 5.74) is 8.34. The highest BCUT2D eigenvalue weighted by Crippen LogP contribution is 2.02. The number of likely N-dealkylation sites (N-methyl/N-ethyl adjacent to an activating group) is 2. The minimum atomic E-state index is 0.780. The third kappa shape index (κ3) is 1.51. The summed E-state index contributed by atoms with van der Waals surface area (Å²) in [4.78, 5) is 4.91. The van der Waals surface area contributed by atoms with E-state index < -0.39 is 0 Å². The smallest absolute Gasteiger partial charge is 0.282 e. The zero-order valence-electron chi connectivity index (χ0n) is 7.56. The summed E-state index contributed by atoms with van der Waals surface area (Å²) in [6, 6.07) is 0. The van der Waals surface area contributed by atoms with Gasteiger partial charge in [0.2, 0.25) is 0 Å².